The van der Waals surface area contributed by atoms with Gasteiger partial charge in [0.05, 0.1) is 0 Å². The summed E-state index contributed by atoms with van der Waals surface area (Å²) in [6.07, 6.45) is 3.99. The molecule has 0 bridgehead atoms. The lowest BCUT2D eigenvalue weighted by Crippen LogP contribution is -2.14. The Morgan fingerprint density at radius 1 is 1.00 bits per heavy atom. The third-order valence-electron chi connectivity index (χ3n) is 4.88. The molecule has 0 aliphatic rings. The third-order valence-corrected chi connectivity index (χ3v) is 4.88. The maximum Gasteiger partial charge on any atom is 0.274 e. The van der Waals surface area contributed by atoms with Gasteiger partial charge < -0.3 is 9.73 Å². The van der Waals surface area contributed by atoms with Crippen LogP contribution in [0.5, 0.6) is 0 Å². The van der Waals surface area contributed by atoms with Crippen molar-refractivity contribution in [1.29, 1.82) is 0 Å². The predicted octanol–water partition coefficient (Wildman–Crippen LogP) is 4.29. The Morgan fingerprint density at radius 3 is 2.68 bits per heavy atom. The van der Waals surface area contributed by atoms with E-state index in [9.17, 15) is 4.79 Å². The number of carbonyl (C=O) groups is 1. The number of aryl methyl sites for hydroxylation is 1. The second kappa shape index (κ2) is 7.83. The summed E-state index contributed by atoms with van der Waals surface area (Å²) < 4.78 is 7.54. The fourth-order valence-electron chi connectivity index (χ4n) is 3.25. The number of nitrogens with zero attached hydrogens (tertiary/aromatic N) is 5. The summed E-state index contributed by atoms with van der Waals surface area (Å²) >= 11 is 0. The predicted molar refractivity (Wildman–Crippen MR) is 116 cm³/mol. The molecule has 1 N–H and O–H groups in total. The van der Waals surface area contributed by atoms with E-state index in [1.54, 1.807) is 22.8 Å². The second-order valence-corrected chi connectivity index (χ2v) is 6.96. The Morgan fingerprint density at radius 2 is 1.84 bits per heavy atom. The zero-order valence-corrected chi connectivity index (χ0v) is 16.7. The third kappa shape index (κ3) is 3.78. The highest BCUT2D eigenvalue weighted by molar-refractivity contribution is 6.03. The molecule has 0 aliphatic heterocycles. The summed E-state index contributed by atoms with van der Waals surface area (Å²) in [4.78, 5) is 21.7. The molecule has 8 heteroatoms. The van der Waals surface area contributed by atoms with Crippen LogP contribution in [-0.4, -0.2) is 30.6 Å². The Balaban J connectivity index is 1.39. The fraction of sp³-hybridized carbons (Fsp3) is 0.0870. The first-order chi connectivity index (χ1) is 15.2. The first-order valence-corrected chi connectivity index (χ1v) is 9.83. The van der Waals surface area contributed by atoms with E-state index in [0.717, 1.165) is 23.1 Å². The molecular formula is C23H18N6O2. The van der Waals surface area contributed by atoms with Crippen molar-refractivity contribution in [3.05, 3.63) is 84.6 Å². The molecule has 0 unspecified atom stereocenters. The largest absolute Gasteiger partial charge is 0.436 e. The smallest absolute Gasteiger partial charge is 0.274 e. The number of fused-ring (bicyclic) bond motifs is 1. The van der Waals surface area contributed by atoms with Crippen molar-refractivity contribution in [3.8, 4) is 17.3 Å². The highest BCUT2D eigenvalue weighted by Gasteiger charge is 2.12. The lowest BCUT2D eigenvalue weighted by atomic mass is 10.1. The normalized spacial score (nSPS) is 11.0. The summed E-state index contributed by atoms with van der Waals surface area (Å²) in [7, 11) is 0. The Hall–Kier alpha value is -4.33. The van der Waals surface area contributed by atoms with E-state index in [0.29, 0.717) is 17.4 Å². The summed E-state index contributed by atoms with van der Waals surface area (Å²) in [6, 6.07) is 18.6. The van der Waals surface area contributed by atoms with E-state index in [1.165, 1.54) is 18.2 Å². The molecule has 0 fully saturated rings. The number of carbonyl (C=O) groups excluding carboxylic acids is 1. The van der Waals surface area contributed by atoms with Crippen LogP contribution < -0.4 is 5.32 Å². The number of aromatic nitrogens is 5. The molecule has 0 spiro atoms. The van der Waals surface area contributed by atoms with E-state index in [-0.39, 0.29) is 11.6 Å². The first kappa shape index (κ1) is 18.7. The highest BCUT2D eigenvalue weighted by Crippen LogP contribution is 2.27. The molecule has 0 saturated carbocycles. The number of pyridine rings is 1. The number of rotatable bonds is 5. The van der Waals surface area contributed by atoms with Gasteiger partial charge >= 0.3 is 0 Å². The molecular weight excluding hydrogens is 392 g/mol. The minimum absolute atomic E-state index is 0.283. The molecule has 31 heavy (non-hydrogen) atoms. The van der Waals surface area contributed by atoms with Gasteiger partial charge in [-0.05, 0) is 54.4 Å². The zero-order valence-electron chi connectivity index (χ0n) is 16.7. The average molecular weight is 410 g/mol. The molecule has 2 aromatic carbocycles. The molecule has 0 radical (unpaired) electrons. The van der Waals surface area contributed by atoms with E-state index in [4.69, 9.17) is 4.42 Å². The van der Waals surface area contributed by atoms with E-state index in [1.807, 2.05) is 42.5 Å². The van der Waals surface area contributed by atoms with Crippen molar-refractivity contribution in [1.82, 2.24) is 24.7 Å². The minimum Gasteiger partial charge on any atom is -0.436 e. The van der Waals surface area contributed by atoms with Crippen LogP contribution >= 0.6 is 0 Å². The summed E-state index contributed by atoms with van der Waals surface area (Å²) in [5.41, 5.74) is 4.43. The van der Waals surface area contributed by atoms with Crippen LogP contribution in [-0.2, 0) is 6.42 Å². The van der Waals surface area contributed by atoms with Gasteiger partial charge in [0, 0.05) is 11.3 Å². The van der Waals surface area contributed by atoms with Crippen molar-refractivity contribution in [2.24, 2.45) is 0 Å². The molecule has 0 saturated heterocycles. The average Bonchev–Trinajstić information content (AvgIpc) is 3.49. The van der Waals surface area contributed by atoms with Crippen LogP contribution in [0.15, 0.2) is 77.7 Å². The van der Waals surface area contributed by atoms with Gasteiger partial charge in [-0.15, -0.1) is 10.2 Å². The summed E-state index contributed by atoms with van der Waals surface area (Å²) in [5, 5.41) is 10.4. The van der Waals surface area contributed by atoms with Crippen LogP contribution in [0.2, 0.25) is 0 Å². The molecule has 5 aromatic rings. The molecule has 8 nitrogen and oxygen atoms in total. The molecule has 3 aromatic heterocycles. The Kier molecular flexibility index (Phi) is 4.72. The molecule has 3 heterocycles. The number of nitrogens with one attached hydrogen (secondary N) is 1. The van der Waals surface area contributed by atoms with Gasteiger partial charge in [-0.2, -0.15) is 0 Å². The van der Waals surface area contributed by atoms with Crippen molar-refractivity contribution in [3.63, 3.8) is 0 Å². The van der Waals surface area contributed by atoms with Crippen LogP contribution in [0.1, 0.15) is 23.0 Å². The highest BCUT2D eigenvalue weighted by atomic mass is 16.3. The van der Waals surface area contributed by atoms with E-state index in [2.05, 4.69) is 32.4 Å². The van der Waals surface area contributed by atoms with Gasteiger partial charge in [0.2, 0.25) is 5.89 Å². The van der Waals surface area contributed by atoms with Crippen LogP contribution in [0.4, 0.5) is 5.69 Å². The SMILES string of the molecule is CCc1ccc2oc(-c3cccc(NC(=O)c4cccc(-n5cnnc5)n4)c3)nc2c1. The quantitative estimate of drug-likeness (QED) is 0.464. The molecule has 0 atom stereocenters. The number of oxazole rings is 1. The maximum absolute atomic E-state index is 12.7. The van der Waals surface area contributed by atoms with Crippen molar-refractivity contribution in [2.45, 2.75) is 13.3 Å². The fourth-order valence-corrected chi connectivity index (χ4v) is 3.25. The number of hydrogen-bond donors (Lipinski definition) is 1. The van der Waals surface area contributed by atoms with Gasteiger partial charge in [-0.1, -0.05) is 25.1 Å². The summed E-state index contributed by atoms with van der Waals surface area (Å²) in [6.45, 7) is 2.10. The van der Waals surface area contributed by atoms with Crippen molar-refractivity contribution >= 4 is 22.7 Å². The van der Waals surface area contributed by atoms with Crippen molar-refractivity contribution in [2.75, 3.05) is 5.32 Å². The van der Waals surface area contributed by atoms with Crippen LogP contribution in [0.3, 0.4) is 0 Å². The molecule has 1 amide bonds. The van der Waals surface area contributed by atoms with Gasteiger partial charge in [0.15, 0.2) is 5.58 Å². The van der Waals surface area contributed by atoms with Crippen LogP contribution in [0.25, 0.3) is 28.4 Å². The molecule has 152 valence electrons. The molecule has 0 aliphatic carbocycles. The number of anilines is 1. The van der Waals surface area contributed by atoms with Gasteiger partial charge in [-0.3, -0.25) is 9.36 Å². The second-order valence-electron chi connectivity index (χ2n) is 6.96. The lowest BCUT2D eigenvalue weighted by Gasteiger charge is -2.07. The first-order valence-electron chi connectivity index (χ1n) is 9.83. The standard InChI is InChI=1S/C23H18N6O2/c1-2-15-9-10-20-19(11-15)28-23(31-20)16-5-3-6-17(12-16)26-22(30)18-7-4-8-21(27-18)29-13-24-25-14-29/h3-14H,2H2,1H3,(H,26,30). The topological polar surface area (TPSA) is 98.7 Å². The van der Waals surface area contributed by atoms with E-state index >= 15 is 0 Å². The Bertz CT molecular complexity index is 1370. The minimum atomic E-state index is -0.322. The van der Waals surface area contributed by atoms with Gasteiger partial charge in [0.1, 0.15) is 29.7 Å². The van der Waals surface area contributed by atoms with Gasteiger partial charge in [-0.25, -0.2) is 9.97 Å². The number of amides is 1. The lowest BCUT2D eigenvalue weighted by molar-refractivity contribution is 0.102. The number of hydrogen-bond acceptors (Lipinski definition) is 6. The van der Waals surface area contributed by atoms with Crippen LogP contribution in [0, 0.1) is 0 Å². The van der Waals surface area contributed by atoms with E-state index < -0.39 is 0 Å². The summed E-state index contributed by atoms with van der Waals surface area (Å²) in [5.74, 6) is 0.744. The number of benzene rings is 2. The Labute approximate surface area is 177 Å². The maximum atomic E-state index is 12.7. The molecule has 5 rings (SSSR count). The van der Waals surface area contributed by atoms with Gasteiger partial charge in [0.25, 0.3) is 5.91 Å². The zero-order chi connectivity index (χ0) is 21.2. The van der Waals surface area contributed by atoms with Crippen molar-refractivity contribution < 1.29 is 9.21 Å². The monoisotopic (exact) mass is 410 g/mol.